The molecule has 0 atom stereocenters. The molecule has 0 aliphatic carbocycles. The van der Waals surface area contributed by atoms with E-state index in [2.05, 4.69) is 15.8 Å². The van der Waals surface area contributed by atoms with Crippen LogP contribution in [0, 0.1) is 17.0 Å². The van der Waals surface area contributed by atoms with Crippen LogP contribution in [0.3, 0.4) is 0 Å². The van der Waals surface area contributed by atoms with Crippen molar-refractivity contribution in [2.75, 3.05) is 5.32 Å². The molecular weight excluding hydrogens is 394 g/mol. The van der Waals surface area contributed by atoms with Gasteiger partial charge in [-0.2, -0.15) is 13.9 Å². The van der Waals surface area contributed by atoms with Crippen molar-refractivity contribution in [2.45, 2.75) is 24.5 Å². The summed E-state index contributed by atoms with van der Waals surface area (Å²) in [6.45, 7) is 3.36. The van der Waals surface area contributed by atoms with Crippen molar-refractivity contribution in [2.24, 2.45) is 5.10 Å². The van der Waals surface area contributed by atoms with E-state index in [0.717, 1.165) is 0 Å². The van der Waals surface area contributed by atoms with Crippen LogP contribution in [0.2, 0.25) is 0 Å². The zero-order valence-corrected chi connectivity index (χ0v) is 16.0. The Morgan fingerprint density at radius 2 is 1.93 bits per heavy atom. The van der Waals surface area contributed by atoms with Crippen LogP contribution in [0.25, 0.3) is 0 Å². The lowest BCUT2D eigenvalue weighted by Crippen LogP contribution is -2.24. The molecule has 0 aliphatic rings. The van der Waals surface area contributed by atoms with Gasteiger partial charge in [0.2, 0.25) is 0 Å². The molecule has 0 radical (unpaired) electrons. The fourth-order valence-corrected chi connectivity index (χ4v) is 2.77. The number of anilines is 1. The third kappa shape index (κ3) is 6.26. The maximum atomic E-state index is 12.3. The molecule has 2 N–H and O–H groups in total. The molecule has 2 aromatic carbocycles. The summed E-state index contributed by atoms with van der Waals surface area (Å²) in [6.07, 6.45) is 0. The second-order valence-electron chi connectivity index (χ2n) is 5.42. The van der Waals surface area contributed by atoms with Gasteiger partial charge in [-0.1, -0.05) is 23.9 Å². The van der Waals surface area contributed by atoms with Gasteiger partial charge in [-0.05, 0) is 50.3 Å². The lowest BCUT2D eigenvalue weighted by atomic mass is 10.1. The predicted molar refractivity (Wildman–Crippen MR) is 108 cm³/mol. The van der Waals surface area contributed by atoms with Crippen molar-refractivity contribution >= 4 is 46.2 Å². The van der Waals surface area contributed by atoms with E-state index in [4.69, 9.17) is 12.2 Å². The van der Waals surface area contributed by atoms with Crippen LogP contribution < -0.4 is 10.7 Å². The highest BCUT2D eigenvalue weighted by atomic mass is 32.2. The molecule has 6 nitrogen and oxygen atoms in total. The first-order valence-electron chi connectivity index (χ1n) is 7.68. The van der Waals surface area contributed by atoms with Crippen molar-refractivity contribution in [3.63, 3.8) is 0 Å². The molecular formula is C17H16F2N4O2S2. The maximum absolute atomic E-state index is 12.3. The van der Waals surface area contributed by atoms with Crippen molar-refractivity contribution in [3.05, 3.63) is 63.7 Å². The maximum Gasteiger partial charge on any atom is 0.288 e. The largest absolute Gasteiger partial charge is 0.331 e. The summed E-state index contributed by atoms with van der Waals surface area (Å²) < 4.78 is 24.6. The minimum atomic E-state index is -2.47. The van der Waals surface area contributed by atoms with E-state index in [9.17, 15) is 18.9 Å². The fraction of sp³-hybridized carbons (Fsp3) is 0.176. The zero-order chi connectivity index (χ0) is 20.0. The van der Waals surface area contributed by atoms with Gasteiger partial charge in [-0.3, -0.25) is 15.5 Å². The second-order valence-corrected chi connectivity index (χ2v) is 6.90. The first-order valence-corrected chi connectivity index (χ1v) is 8.96. The van der Waals surface area contributed by atoms with Crippen LogP contribution in [0.4, 0.5) is 20.2 Å². The quantitative estimate of drug-likeness (QED) is 0.231. The number of nitrogens with zero attached hydrogens (tertiary/aromatic N) is 2. The number of alkyl halides is 2. The molecule has 0 spiro atoms. The Bertz CT molecular complexity index is 874. The molecule has 0 saturated heterocycles. The topological polar surface area (TPSA) is 79.6 Å². The zero-order valence-electron chi connectivity index (χ0n) is 14.4. The highest BCUT2D eigenvalue weighted by molar-refractivity contribution is 7.99. The Morgan fingerprint density at radius 1 is 1.26 bits per heavy atom. The van der Waals surface area contributed by atoms with Gasteiger partial charge in [0.1, 0.15) is 0 Å². The number of hydrogen-bond donors (Lipinski definition) is 2. The predicted octanol–water partition coefficient (Wildman–Crippen LogP) is 4.93. The number of halogens is 2. The molecule has 27 heavy (non-hydrogen) atoms. The number of nitro groups is 1. The number of nitro benzene ring substituents is 1. The minimum Gasteiger partial charge on any atom is -0.331 e. The van der Waals surface area contributed by atoms with E-state index in [0.29, 0.717) is 39.2 Å². The number of rotatable bonds is 6. The summed E-state index contributed by atoms with van der Waals surface area (Å²) in [5.41, 5.74) is 4.96. The number of thioether (sulfide) groups is 1. The molecule has 0 heterocycles. The van der Waals surface area contributed by atoms with Crippen molar-refractivity contribution in [1.29, 1.82) is 0 Å². The number of nitrogens with one attached hydrogen (secondary N) is 2. The minimum absolute atomic E-state index is 0.0181. The average molecular weight is 410 g/mol. The molecule has 0 amide bonds. The van der Waals surface area contributed by atoms with E-state index in [1.807, 2.05) is 0 Å². The molecule has 0 bridgehead atoms. The van der Waals surface area contributed by atoms with Crippen molar-refractivity contribution in [1.82, 2.24) is 5.43 Å². The van der Waals surface area contributed by atoms with Gasteiger partial charge in [0, 0.05) is 27.8 Å². The Balaban J connectivity index is 1.99. The molecule has 142 valence electrons. The molecule has 0 aliphatic heterocycles. The Morgan fingerprint density at radius 3 is 2.52 bits per heavy atom. The highest BCUT2D eigenvalue weighted by Crippen LogP contribution is 2.26. The molecule has 2 aromatic rings. The highest BCUT2D eigenvalue weighted by Gasteiger charge is 2.12. The Hall–Kier alpha value is -2.59. The van der Waals surface area contributed by atoms with Gasteiger partial charge in [-0.15, -0.1) is 0 Å². The Kier molecular flexibility index (Phi) is 7.19. The average Bonchev–Trinajstić information content (AvgIpc) is 2.61. The van der Waals surface area contributed by atoms with Gasteiger partial charge in [0.05, 0.1) is 10.6 Å². The molecule has 2 rings (SSSR count). The van der Waals surface area contributed by atoms with Crippen LogP contribution in [0.15, 0.2) is 52.5 Å². The first kappa shape index (κ1) is 20.7. The van der Waals surface area contributed by atoms with Gasteiger partial charge in [-0.25, -0.2) is 0 Å². The number of hydrogen-bond acceptors (Lipinski definition) is 5. The van der Waals surface area contributed by atoms with Crippen LogP contribution >= 0.6 is 24.0 Å². The van der Waals surface area contributed by atoms with Crippen LogP contribution in [0.1, 0.15) is 18.1 Å². The van der Waals surface area contributed by atoms with E-state index < -0.39 is 10.7 Å². The van der Waals surface area contributed by atoms with E-state index >= 15 is 0 Å². The Labute approximate surface area is 164 Å². The summed E-state index contributed by atoms with van der Waals surface area (Å²) >= 11 is 5.60. The summed E-state index contributed by atoms with van der Waals surface area (Å²) in [7, 11) is 0. The summed E-state index contributed by atoms with van der Waals surface area (Å²) in [6, 6.07) is 11.2. The van der Waals surface area contributed by atoms with Crippen molar-refractivity contribution in [3.8, 4) is 0 Å². The van der Waals surface area contributed by atoms with Gasteiger partial charge >= 0.3 is 0 Å². The fourth-order valence-electron chi connectivity index (χ4n) is 2.11. The smallest absolute Gasteiger partial charge is 0.288 e. The monoisotopic (exact) mass is 410 g/mol. The summed E-state index contributed by atoms with van der Waals surface area (Å²) in [5.74, 6) is -2.47. The third-order valence-corrected chi connectivity index (χ3v) is 4.40. The van der Waals surface area contributed by atoms with Crippen LogP contribution in [0.5, 0.6) is 0 Å². The van der Waals surface area contributed by atoms with E-state index in [1.165, 1.54) is 6.07 Å². The van der Waals surface area contributed by atoms with Gasteiger partial charge in [0.25, 0.3) is 11.4 Å². The molecule has 0 unspecified atom stereocenters. The van der Waals surface area contributed by atoms with E-state index in [1.54, 1.807) is 50.2 Å². The second kappa shape index (κ2) is 9.38. The molecule has 0 aromatic heterocycles. The normalized spacial score (nSPS) is 11.4. The molecule has 0 saturated carbocycles. The van der Waals surface area contributed by atoms with E-state index in [-0.39, 0.29) is 10.8 Å². The van der Waals surface area contributed by atoms with Crippen LogP contribution in [-0.4, -0.2) is 21.5 Å². The number of benzene rings is 2. The van der Waals surface area contributed by atoms with Crippen LogP contribution in [-0.2, 0) is 0 Å². The first-order chi connectivity index (χ1) is 12.8. The lowest BCUT2D eigenvalue weighted by molar-refractivity contribution is -0.385. The van der Waals surface area contributed by atoms with Gasteiger partial charge < -0.3 is 5.32 Å². The third-order valence-electron chi connectivity index (χ3n) is 3.49. The number of aryl methyl sites for hydroxylation is 1. The molecule has 0 fully saturated rings. The van der Waals surface area contributed by atoms with Crippen molar-refractivity contribution < 1.29 is 13.7 Å². The lowest BCUT2D eigenvalue weighted by Gasteiger charge is -2.09. The summed E-state index contributed by atoms with van der Waals surface area (Å²) in [4.78, 5) is 11.0. The SMILES string of the molecule is C/C(=N/NC(=S)Nc1ccc(SC(F)F)cc1)c1ccc(C)c([N+](=O)[O-])c1. The standard InChI is InChI=1S/C17H16F2N4O2S2/c1-10-3-4-12(9-15(10)23(24)25)11(2)21-22-17(26)20-13-5-7-14(8-6-13)27-16(18)19/h3-9,16H,1-2H3,(H2,20,22,26)/b21-11-. The number of hydrazone groups is 1. The summed E-state index contributed by atoms with van der Waals surface area (Å²) in [5, 5.41) is 18.2. The van der Waals surface area contributed by atoms with Gasteiger partial charge in [0.15, 0.2) is 5.11 Å². The molecule has 10 heteroatoms. The number of thiocarbonyl (C=S) groups is 1.